The first-order chi connectivity index (χ1) is 9.81. The molecule has 0 spiro atoms. The molecule has 0 aliphatic heterocycles. The smallest absolute Gasteiger partial charge is 0.295 e. The van der Waals surface area contributed by atoms with Crippen molar-refractivity contribution in [2.24, 2.45) is 0 Å². The van der Waals surface area contributed by atoms with Gasteiger partial charge in [-0.15, -0.1) is 11.3 Å². The predicted molar refractivity (Wildman–Crippen MR) is 82.7 cm³/mol. The highest BCUT2D eigenvalue weighted by atomic mass is 32.1. The van der Waals surface area contributed by atoms with Crippen LogP contribution in [0.3, 0.4) is 0 Å². The number of fused-ring (bicyclic) bond motifs is 1. The highest BCUT2D eigenvalue weighted by Gasteiger charge is 2.21. The number of hydrogen-bond donors (Lipinski definition) is 0. The SMILES string of the molecule is Cc1nn2c(CC(=O)N(C(C)C)C(C)C)csc2nc1=O. The Bertz CT molecular complexity index is 709. The second-order valence-corrected chi connectivity index (χ2v) is 6.43. The Hall–Kier alpha value is -1.76. The Morgan fingerprint density at radius 1 is 1.33 bits per heavy atom. The van der Waals surface area contributed by atoms with Crippen LogP contribution >= 0.6 is 11.3 Å². The highest BCUT2D eigenvalue weighted by Crippen LogP contribution is 2.15. The summed E-state index contributed by atoms with van der Waals surface area (Å²) in [6.45, 7) is 9.64. The van der Waals surface area contributed by atoms with Gasteiger partial charge in [-0.2, -0.15) is 10.1 Å². The van der Waals surface area contributed by atoms with Crippen LogP contribution in [0.5, 0.6) is 0 Å². The van der Waals surface area contributed by atoms with E-state index in [1.165, 1.54) is 11.3 Å². The average molecular weight is 308 g/mol. The maximum Gasteiger partial charge on any atom is 0.295 e. The van der Waals surface area contributed by atoms with Gasteiger partial charge in [0, 0.05) is 17.5 Å². The number of aryl methyl sites for hydroxylation is 1. The normalized spacial score (nSPS) is 11.6. The third-order valence-electron chi connectivity index (χ3n) is 3.24. The van der Waals surface area contributed by atoms with Crippen molar-refractivity contribution < 1.29 is 4.79 Å². The van der Waals surface area contributed by atoms with E-state index in [0.29, 0.717) is 10.7 Å². The average Bonchev–Trinajstić information content (AvgIpc) is 2.71. The molecular weight excluding hydrogens is 288 g/mol. The molecule has 0 radical (unpaired) electrons. The lowest BCUT2D eigenvalue weighted by molar-refractivity contribution is -0.134. The monoisotopic (exact) mass is 308 g/mol. The Kier molecular flexibility index (Phi) is 4.41. The van der Waals surface area contributed by atoms with Crippen LogP contribution in [0.1, 0.15) is 39.1 Å². The van der Waals surface area contributed by atoms with E-state index >= 15 is 0 Å². The van der Waals surface area contributed by atoms with Crippen molar-refractivity contribution in [2.45, 2.75) is 53.1 Å². The van der Waals surface area contributed by atoms with E-state index in [0.717, 1.165) is 5.69 Å². The van der Waals surface area contributed by atoms with Gasteiger partial charge in [0.15, 0.2) is 0 Å². The number of carbonyl (C=O) groups is 1. The molecule has 2 aromatic heterocycles. The van der Waals surface area contributed by atoms with Crippen LogP contribution in [0, 0.1) is 6.92 Å². The highest BCUT2D eigenvalue weighted by molar-refractivity contribution is 7.15. The zero-order chi connectivity index (χ0) is 15.7. The van der Waals surface area contributed by atoms with Gasteiger partial charge >= 0.3 is 0 Å². The largest absolute Gasteiger partial charge is 0.338 e. The Morgan fingerprint density at radius 2 is 1.95 bits per heavy atom. The van der Waals surface area contributed by atoms with E-state index in [1.807, 2.05) is 38.0 Å². The van der Waals surface area contributed by atoms with Gasteiger partial charge in [0.05, 0.1) is 12.1 Å². The number of aromatic nitrogens is 3. The van der Waals surface area contributed by atoms with Gasteiger partial charge in [0.1, 0.15) is 5.69 Å². The molecule has 0 N–H and O–H groups in total. The fraction of sp³-hybridized carbons (Fsp3) is 0.571. The zero-order valence-corrected chi connectivity index (χ0v) is 13.8. The molecule has 0 fully saturated rings. The lowest BCUT2D eigenvalue weighted by Gasteiger charge is -2.30. The maximum atomic E-state index is 12.5. The first-order valence-corrected chi connectivity index (χ1v) is 7.84. The molecule has 2 aromatic rings. The van der Waals surface area contributed by atoms with Crippen LogP contribution in [0.4, 0.5) is 0 Å². The Balaban J connectivity index is 2.33. The summed E-state index contributed by atoms with van der Waals surface area (Å²) in [5.41, 5.74) is 0.784. The van der Waals surface area contributed by atoms with Crippen LogP contribution < -0.4 is 5.56 Å². The van der Waals surface area contributed by atoms with Gasteiger partial charge in [0.2, 0.25) is 10.9 Å². The summed E-state index contributed by atoms with van der Waals surface area (Å²) in [6.07, 6.45) is 0.257. The van der Waals surface area contributed by atoms with Crippen molar-refractivity contribution in [1.82, 2.24) is 19.5 Å². The van der Waals surface area contributed by atoms with Crippen LogP contribution in [0.25, 0.3) is 4.96 Å². The molecule has 0 aliphatic rings. The van der Waals surface area contributed by atoms with E-state index in [-0.39, 0.29) is 30.0 Å². The number of thiazole rings is 1. The van der Waals surface area contributed by atoms with Gasteiger partial charge in [0.25, 0.3) is 5.56 Å². The van der Waals surface area contributed by atoms with Crippen LogP contribution in [0.15, 0.2) is 10.2 Å². The molecule has 2 rings (SSSR count). The van der Waals surface area contributed by atoms with E-state index < -0.39 is 0 Å². The summed E-state index contributed by atoms with van der Waals surface area (Å²) in [5, 5.41) is 6.06. The molecule has 114 valence electrons. The zero-order valence-electron chi connectivity index (χ0n) is 13.0. The van der Waals surface area contributed by atoms with Gasteiger partial charge < -0.3 is 4.90 Å². The third-order valence-corrected chi connectivity index (χ3v) is 4.11. The Morgan fingerprint density at radius 3 is 2.52 bits per heavy atom. The van der Waals surface area contributed by atoms with E-state index in [9.17, 15) is 9.59 Å². The van der Waals surface area contributed by atoms with Crippen LogP contribution in [-0.2, 0) is 11.2 Å². The molecule has 1 amide bonds. The molecule has 0 aliphatic carbocycles. The number of nitrogens with zero attached hydrogens (tertiary/aromatic N) is 4. The number of hydrogen-bond acceptors (Lipinski definition) is 5. The molecule has 0 bridgehead atoms. The quantitative estimate of drug-likeness (QED) is 0.861. The molecule has 7 heteroatoms. The van der Waals surface area contributed by atoms with Crippen LogP contribution in [0.2, 0.25) is 0 Å². The van der Waals surface area contributed by atoms with Crippen molar-refractivity contribution in [1.29, 1.82) is 0 Å². The van der Waals surface area contributed by atoms with Crippen molar-refractivity contribution in [3.05, 3.63) is 27.1 Å². The fourth-order valence-corrected chi connectivity index (χ4v) is 3.24. The van der Waals surface area contributed by atoms with E-state index in [4.69, 9.17) is 0 Å². The molecule has 21 heavy (non-hydrogen) atoms. The standard InChI is InChI=1S/C14H20N4O2S/c1-8(2)17(9(3)4)12(19)6-11-7-21-14-15-13(20)10(5)16-18(11)14/h7-9H,6H2,1-5H3. The van der Waals surface area contributed by atoms with Crippen LogP contribution in [-0.4, -0.2) is 37.5 Å². The second kappa shape index (κ2) is 5.93. The minimum absolute atomic E-state index is 0.0536. The molecule has 0 atom stereocenters. The molecule has 0 unspecified atom stereocenters. The number of carbonyl (C=O) groups excluding carboxylic acids is 1. The lowest BCUT2D eigenvalue weighted by atomic mass is 10.2. The molecular formula is C14H20N4O2S. The van der Waals surface area contributed by atoms with Crippen molar-refractivity contribution >= 4 is 22.2 Å². The summed E-state index contributed by atoms with van der Waals surface area (Å²) in [5.74, 6) is 0.0536. The number of amides is 1. The van der Waals surface area contributed by atoms with Crippen molar-refractivity contribution in [2.75, 3.05) is 0 Å². The second-order valence-electron chi connectivity index (χ2n) is 5.59. The van der Waals surface area contributed by atoms with E-state index in [1.54, 1.807) is 11.4 Å². The molecule has 2 heterocycles. The van der Waals surface area contributed by atoms with Gasteiger partial charge in [-0.25, -0.2) is 4.52 Å². The third kappa shape index (κ3) is 3.12. The minimum atomic E-state index is -0.319. The number of rotatable bonds is 4. The predicted octanol–water partition coefficient (Wildman–Crippen LogP) is 1.65. The topological polar surface area (TPSA) is 67.6 Å². The molecule has 0 saturated carbocycles. The summed E-state index contributed by atoms with van der Waals surface area (Å²) in [7, 11) is 0. The molecule has 6 nitrogen and oxygen atoms in total. The van der Waals surface area contributed by atoms with E-state index in [2.05, 4.69) is 10.1 Å². The first kappa shape index (κ1) is 15.6. The van der Waals surface area contributed by atoms with Crippen molar-refractivity contribution in [3.63, 3.8) is 0 Å². The first-order valence-electron chi connectivity index (χ1n) is 6.96. The lowest BCUT2D eigenvalue weighted by Crippen LogP contribution is -2.43. The Labute approximate surface area is 127 Å². The molecule has 0 aromatic carbocycles. The maximum absolute atomic E-state index is 12.5. The summed E-state index contributed by atoms with van der Waals surface area (Å²) in [6, 6.07) is 0.293. The van der Waals surface area contributed by atoms with Crippen molar-refractivity contribution in [3.8, 4) is 0 Å². The minimum Gasteiger partial charge on any atom is -0.338 e. The molecule has 0 saturated heterocycles. The van der Waals surface area contributed by atoms with Gasteiger partial charge in [-0.3, -0.25) is 9.59 Å². The van der Waals surface area contributed by atoms with Gasteiger partial charge in [-0.05, 0) is 34.6 Å². The summed E-state index contributed by atoms with van der Waals surface area (Å²) >= 11 is 1.33. The summed E-state index contributed by atoms with van der Waals surface area (Å²) < 4.78 is 1.60. The fourth-order valence-electron chi connectivity index (χ4n) is 2.42. The summed E-state index contributed by atoms with van der Waals surface area (Å²) in [4.78, 5) is 30.3. The van der Waals surface area contributed by atoms with Gasteiger partial charge in [-0.1, -0.05) is 0 Å².